The second-order valence-corrected chi connectivity index (χ2v) is 12.3. The second kappa shape index (κ2) is 10.5. The van der Waals surface area contributed by atoms with Crippen molar-refractivity contribution in [2.45, 2.75) is 4.90 Å². The van der Waals surface area contributed by atoms with Gasteiger partial charge < -0.3 is 15.0 Å². The highest BCUT2D eigenvalue weighted by atomic mass is 32.2. The third kappa shape index (κ3) is 4.73. The largest absolute Gasteiger partial charge is 0.354 e. The number of fused-ring (bicyclic) bond motifs is 9. The summed E-state index contributed by atoms with van der Waals surface area (Å²) in [6, 6.07) is 38.7. The van der Waals surface area contributed by atoms with Crippen LogP contribution in [0.4, 0.5) is 0 Å². The lowest BCUT2D eigenvalue weighted by molar-refractivity contribution is 0.484. The summed E-state index contributed by atoms with van der Waals surface area (Å²) in [6.07, 6.45) is 4.01. The fourth-order valence-corrected chi connectivity index (χ4v) is 6.81. The van der Waals surface area contributed by atoms with Crippen molar-refractivity contribution in [1.29, 1.82) is 0 Å². The van der Waals surface area contributed by atoms with E-state index in [4.69, 9.17) is 4.98 Å². The minimum Gasteiger partial charge on any atom is -0.354 e. The summed E-state index contributed by atoms with van der Waals surface area (Å²) in [5.74, 6) is 0. The fraction of sp³-hybridized carbons (Fsp3) is 0. The number of hydrogen-bond donors (Lipinski definition) is 4. The van der Waals surface area contributed by atoms with E-state index in [9.17, 15) is 13.0 Å². The molecule has 0 atom stereocenters. The van der Waals surface area contributed by atoms with E-state index in [1.54, 1.807) is 0 Å². The molecule has 0 saturated heterocycles. The van der Waals surface area contributed by atoms with Gasteiger partial charge in [0, 0.05) is 38.8 Å². The van der Waals surface area contributed by atoms with Gasteiger partial charge in [-0.05, 0) is 59.2 Å². The van der Waals surface area contributed by atoms with Crippen LogP contribution < -0.4 is 0 Å². The van der Waals surface area contributed by atoms with Gasteiger partial charge in [0.15, 0.2) is 0 Å². The Balaban J connectivity index is 1.64. The number of aromatic nitrogens is 4. The van der Waals surface area contributed by atoms with Crippen LogP contribution in [0, 0.1) is 0 Å². The Morgan fingerprint density at radius 3 is 1.56 bits per heavy atom. The molecule has 218 valence electrons. The van der Waals surface area contributed by atoms with Gasteiger partial charge in [-0.25, -0.2) is 4.98 Å². The van der Waals surface area contributed by atoms with E-state index in [0.29, 0.717) is 16.6 Å². The van der Waals surface area contributed by atoms with Crippen LogP contribution in [0.25, 0.3) is 78.6 Å². The maximum Gasteiger partial charge on any atom is 0.296 e. The van der Waals surface area contributed by atoms with E-state index in [1.165, 1.54) is 6.07 Å². The van der Waals surface area contributed by atoms with Gasteiger partial charge in [-0.3, -0.25) is 4.55 Å². The molecule has 0 spiro atoms. The topological polar surface area (TPSA) is 115 Å². The fourth-order valence-electron chi connectivity index (χ4n) is 6.13. The van der Waals surface area contributed by atoms with Gasteiger partial charge in [0.1, 0.15) is 4.90 Å². The summed E-state index contributed by atoms with van der Waals surface area (Å²) in [6.45, 7) is 0. The van der Waals surface area contributed by atoms with Crippen molar-refractivity contribution in [3.63, 3.8) is 0 Å². The Hall–Kier alpha value is -5.70. The molecule has 4 aromatic heterocycles. The standard InChI is InChI=1S/C37H26N4O3S/c42-45(43,44)33-22-32-35(24-12-6-2-7-13-24)30-19-17-27(39-30)26-16-18-28(38-26)34(23-10-4-1-5-11-23)29-20-21-31(40-29)36(37(33)41-32)25-14-8-3-9-15-25/h1-22,39-41H,(H,42,43,44). The predicted octanol–water partition coefficient (Wildman–Crippen LogP) is 8.94. The van der Waals surface area contributed by atoms with Crippen molar-refractivity contribution in [3.05, 3.63) is 133 Å². The minimum absolute atomic E-state index is 0.215. The average Bonchev–Trinajstić information content (AvgIpc) is 3.87. The van der Waals surface area contributed by atoms with Crippen LogP contribution in [0.1, 0.15) is 11.4 Å². The summed E-state index contributed by atoms with van der Waals surface area (Å²) >= 11 is 0. The first-order valence-corrected chi connectivity index (χ1v) is 15.9. The SMILES string of the molecule is O=S(=O)(O)c1cc2[nH]c1c(-c1ccccc1)c1ccc([nH]1)c(-c1ccccc1)c1nc(c3ccc([nH]3)c2-c2ccccc2)C=C1. The summed E-state index contributed by atoms with van der Waals surface area (Å²) in [5.41, 5.74) is 10.3. The molecule has 1 aliphatic heterocycles. The molecule has 4 N–H and O–H groups in total. The highest BCUT2D eigenvalue weighted by Gasteiger charge is 2.22. The van der Waals surface area contributed by atoms with Gasteiger partial charge in [0.2, 0.25) is 0 Å². The van der Waals surface area contributed by atoms with Crippen molar-refractivity contribution >= 4 is 55.4 Å². The maximum atomic E-state index is 13.0. The molecule has 8 heteroatoms. The number of nitrogens with zero attached hydrogens (tertiary/aromatic N) is 1. The Bertz CT molecular complexity index is 2490. The Morgan fingerprint density at radius 2 is 0.956 bits per heavy atom. The van der Waals surface area contributed by atoms with Crippen LogP contribution in [0.15, 0.2) is 126 Å². The Labute approximate surface area is 258 Å². The van der Waals surface area contributed by atoms with Crippen LogP contribution in [0.3, 0.4) is 0 Å². The van der Waals surface area contributed by atoms with Crippen molar-refractivity contribution < 1.29 is 13.0 Å². The Kier molecular flexibility index (Phi) is 6.26. The molecule has 5 heterocycles. The molecular weight excluding hydrogens is 580 g/mol. The summed E-state index contributed by atoms with van der Waals surface area (Å²) in [4.78, 5) is 15.4. The van der Waals surface area contributed by atoms with E-state index < -0.39 is 10.1 Å². The minimum atomic E-state index is -4.65. The van der Waals surface area contributed by atoms with Crippen molar-refractivity contribution in [1.82, 2.24) is 19.9 Å². The number of benzene rings is 3. The molecule has 8 bridgehead atoms. The van der Waals surface area contributed by atoms with Crippen LogP contribution in [-0.2, 0) is 10.1 Å². The molecule has 0 aliphatic carbocycles. The first-order chi connectivity index (χ1) is 21.9. The average molecular weight is 607 g/mol. The smallest absolute Gasteiger partial charge is 0.296 e. The zero-order valence-corrected chi connectivity index (χ0v) is 24.6. The van der Waals surface area contributed by atoms with Crippen molar-refractivity contribution in [2.24, 2.45) is 0 Å². The normalized spacial score (nSPS) is 12.2. The highest BCUT2D eigenvalue weighted by Crippen LogP contribution is 2.38. The van der Waals surface area contributed by atoms with Crippen LogP contribution in [-0.4, -0.2) is 32.9 Å². The molecule has 1 aliphatic rings. The lowest BCUT2D eigenvalue weighted by atomic mass is 10.0. The molecule has 3 aromatic carbocycles. The van der Waals surface area contributed by atoms with E-state index in [1.807, 2.05) is 127 Å². The van der Waals surface area contributed by atoms with Gasteiger partial charge in [-0.2, -0.15) is 8.42 Å². The van der Waals surface area contributed by atoms with Gasteiger partial charge in [-0.15, -0.1) is 0 Å². The molecule has 0 fully saturated rings. The summed E-state index contributed by atoms with van der Waals surface area (Å²) < 4.78 is 36.7. The van der Waals surface area contributed by atoms with Gasteiger partial charge in [0.05, 0.1) is 22.4 Å². The van der Waals surface area contributed by atoms with Gasteiger partial charge in [-0.1, -0.05) is 91.0 Å². The van der Waals surface area contributed by atoms with E-state index in [0.717, 1.165) is 55.8 Å². The molecule has 7 nitrogen and oxygen atoms in total. The van der Waals surface area contributed by atoms with Crippen molar-refractivity contribution in [2.75, 3.05) is 0 Å². The molecule has 0 unspecified atom stereocenters. The molecule has 0 amide bonds. The van der Waals surface area contributed by atoms with E-state index >= 15 is 0 Å². The lowest BCUT2D eigenvalue weighted by Gasteiger charge is -2.06. The highest BCUT2D eigenvalue weighted by molar-refractivity contribution is 7.86. The lowest BCUT2D eigenvalue weighted by Crippen LogP contribution is -1.97. The van der Waals surface area contributed by atoms with Crippen LogP contribution >= 0.6 is 0 Å². The maximum absolute atomic E-state index is 13.0. The third-order valence-corrected chi connectivity index (χ3v) is 9.00. The van der Waals surface area contributed by atoms with Gasteiger partial charge >= 0.3 is 0 Å². The number of H-pyrrole nitrogens is 3. The molecule has 7 aromatic rings. The number of hydrogen-bond acceptors (Lipinski definition) is 3. The molecule has 0 radical (unpaired) electrons. The zero-order valence-electron chi connectivity index (χ0n) is 23.8. The van der Waals surface area contributed by atoms with E-state index in [-0.39, 0.29) is 10.4 Å². The first kappa shape index (κ1) is 26.9. The number of rotatable bonds is 4. The second-order valence-electron chi connectivity index (χ2n) is 10.9. The monoisotopic (exact) mass is 606 g/mol. The number of nitrogens with one attached hydrogen (secondary N) is 3. The van der Waals surface area contributed by atoms with Crippen molar-refractivity contribution in [3.8, 4) is 33.4 Å². The van der Waals surface area contributed by atoms with Crippen LogP contribution in [0.2, 0.25) is 0 Å². The molecule has 8 rings (SSSR count). The summed E-state index contributed by atoms with van der Waals surface area (Å²) in [5, 5.41) is 0. The third-order valence-electron chi connectivity index (χ3n) is 8.12. The van der Waals surface area contributed by atoms with Gasteiger partial charge in [0.25, 0.3) is 10.1 Å². The van der Waals surface area contributed by atoms with Crippen LogP contribution in [0.5, 0.6) is 0 Å². The Morgan fingerprint density at radius 1 is 0.489 bits per heavy atom. The first-order valence-electron chi connectivity index (χ1n) is 14.5. The van der Waals surface area contributed by atoms with E-state index in [2.05, 4.69) is 15.0 Å². The molecular formula is C37H26N4O3S. The predicted molar refractivity (Wildman–Crippen MR) is 181 cm³/mol. The number of aromatic amines is 3. The zero-order chi connectivity index (χ0) is 30.5. The molecule has 0 saturated carbocycles. The quantitative estimate of drug-likeness (QED) is 0.150. The summed E-state index contributed by atoms with van der Waals surface area (Å²) in [7, 11) is -4.65. The molecule has 45 heavy (non-hydrogen) atoms.